The van der Waals surface area contributed by atoms with Crippen LogP contribution in [0.1, 0.15) is 17.3 Å². The molecule has 0 aliphatic heterocycles. The van der Waals surface area contributed by atoms with Gasteiger partial charge >= 0.3 is 0 Å². The van der Waals surface area contributed by atoms with Gasteiger partial charge in [0, 0.05) is 12.6 Å². The second-order valence-electron chi connectivity index (χ2n) is 5.03. The number of carbonyl (C=O) groups is 1. The van der Waals surface area contributed by atoms with Gasteiger partial charge in [0.2, 0.25) is 5.91 Å². The Hall–Kier alpha value is -3.09. The van der Waals surface area contributed by atoms with Crippen molar-refractivity contribution in [3.05, 3.63) is 72.3 Å². The van der Waals surface area contributed by atoms with E-state index in [-0.39, 0.29) is 5.91 Å². The molecular formula is C16H16N6O. The maximum Gasteiger partial charge on any atom is 0.245 e. The smallest absolute Gasteiger partial charge is 0.245 e. The number of tetrazole rings is 1. The topological polar surface area (TPSA) is 85.6 Å². The van der Waals surface area contributed by atoms with E-state index in [0.29, 0.717) is 13.0 Å². The molecule has 0 fully saturated rings. The Morgan fingerprint density at radius 3 is 2.65 bits per heavy atom. The zero-order valence-corrected chi connectivity index (χ0v) is 12.4. The molecule has 7 heteroatoms. The highest BCUT2D eigenvalue weighted by Crippen LogP contribution is 2.13. The summed E-state index contributed by atoms with van der Waals surface area (Å²) in [6, 6.07) is 14.9. The van der Waals surface area contributed by atoms with Gasteiger partial charge < -0.3 is 5.32 Å². The van der Waals surface area contributed by atoms with Gasteiger partial charge in [-0.1, -0.05) is 36.4 Å². The van der Waals surface area contributed by atoms with Crippen LogP contribution in [0.3, 0.4) is 0 Å². The normalized spacial score (nSPS) is 11.8. The molecule has 3 rings (SSSR count). The van der Waals surface area contributed by atoms with E-state index in [1.165, 1.54) is 11.0 Å². The minimum atomic E-state index is -0.504. The Morgan fingerprint density at radius 1 is 1.13 bits per heavy atom. The van der Waals surface area contributed by atoms with Gasteiger partial charge in [-0.2, -0.15) is 0 Å². The quantitative estimate of drug-likeness (QED) is 0.739. The fourth-order valence-corrected chi connectivity index (χ4v) is 2.25. The molecule has 0 spiro atoms. The second kappa shape index (κ2) is 7.26. The SMILES string of the molecule is O=C(NCc1ccccn1)C(Cc1ccccc1)n1cnnn1. The van der Waals surface area contributed by atoms with Gasteiger partial charge in [0.05, 0.1) is 12.2 Å². The van der Waals surface area contributed by atoms with Crippen LogP contribution in [0.5, 0.6) is 0 Å². The fourth-order valence-electron chi connectivity index (χ4n) is 2.25. The van der Waals surface area contributed by atoms with Crippen molar-refractivity contribution in [3.8, 4) is 0 Å². The number of pyridine rings is 1. The number of nitrogens with zero attached hydrogens (tertiary/aromatic N) is 5. The lowest BCUT2D eigenvalue weighted by Gasteiger charge is -2.16. The van der Waals surface area contributed by atoms with Crippen molar-refractivity contribution in [1.29, 1.82) is 0 Å². The molecule has 7 nitrogen and oxygen atoms in total. The van der Waals surface area contributed by atoms with Crippen molar-refractivity contribution in [2.75, 3.05) is 0 Å². The zero-order chi connectivity index (χ0) is 15.9. The Balaban J connectivity index is 1.71. The molecule has 0 saturated heterocycles. The molecule has 2 aromatic heterocycles. The molecule has 1 unspecified atom stereocenters. The molecule has 1 amide bonds. The Kier molecular flexibility index (Phi) is 4.68. The third-order valence-electron chi connectivity index (χ3n) is 3.43. The van der Waals surface area contributed by atoms with Crippen LogP contribution in [-0.2, 0) is 17.8 Å². The maximum absolute atomic E-state index is 12.6. The van der Waals surface area contributed by atoms with Crippen LogP contribution in [0.25, 0.3) is 0 Å². The highest BCUT2D eigenvalue weighted by molar-refractivity contribution is 5.80. The summed E-state index contributed by atoms with van der Waals surface area (Å²) in [6.07, 6.45) is 3.66. The van der Waals surface area contributed by atoms with E-state index < -0.39 is 6.04 Å². The number of aromatic nitrogens is 5. The van der Waals surface area contributed by atoms with Crippen molar-refractivity contribution < 1.29 is 4.79 Å². The van der Waals surface area contributed by atoms with Crippen LogP contribution < -0.4 is 5.32 Å². The molecule has 0 saturated carbocycles. The number of carbonyl (C=O) groups excluding carboxylic acids is 1. The molecule has 0 aliphatic carbocycles. The zero-order valence-electron chi connectivity index (χ0n) is 12.4. The van der Waals surface area contributed by atoms with Crippen LogP contribution in [0, 0.1) is 0 Å². The van der Waals surface area contributed by atoms with Gasteiger partial charge in [0.15, 0.2) is 0 Å². The van der Waals surface area contributed by atoms with Crippen LogP contribution in [0.4, 0.5) is 0 Å². The molecule has 1 atom stereocenters. The van der Waals surface area contributed by atoms with Gasteiger partial charge in [-0.25, -0.2) is 4.68 Å². The summed E-state index contributed by atoms with van der Waals surface area (Å²) in [6.45, 7) is 0.368. The lowest BCUT2D eigenvalue weighted by atomic mass is 10.1. The summed E-state index contributed by atoms with van der Waals surface area (Å²) in [5, 5.41) is 14.0. The van der Waals surface area contributed by atoms with Crippen LogP contribution in [0.15, 0.2) is 61.1 Å². The van der Waals surface area contributed by atoms with Gasteiger partial charge in [-0.05, 0) is 28.1 Å². The average Bonchev–Trinajstić information content (AvgIpc) is 3.14. The van der Waals surface area contributed by atoms with Crippen LogP contribution >= 0.6 is 0 Å². The molecule has 116 valence electrons. The predicted molar refractivity (Wildman–Crippen MR) is 83.1 cm³/mol. The number of nitrogens with one attached hydrogen (secondary N) is 1. The standard InChI is InChI=1S/C16H16N6O/c23-16(18-11-14-8-4-5-9-17-14)15(22-12-19-20-21-22)10-13-6-2-1-3-7-13/h1-9,12,15H,10-11H2,(H,18,23). The minimum Gasteiger partial charge on any atom is -0.349 e. The molecule has 0 radical (unpaired) electrons. The fraction of sp³-hybridized carbons (Fsp3) is 0.188. The van der Waals surface area contributed by atoms with Crippen LogP contribution in [0.2, 0.25) is 0 Å². The summed E-state index contributed by atoms with van der Waals surface area (Å²) in [7, 11) is 0. The average molecular weight is 308 g/mol. The van der Waals surface area contributed by atoms with E-state index in [1.807, 2.05) is 48.5 Å². The first-order chi connectivity index (χ1) is 11.3. The van der Waals surface area contributed by atoms with E-state index in [0.717, 1.165) is 11.3 Å². The third-order valence-corrected chi connectivity index (χ3v) is 3.43. The van der Waals surface area contributed by atoms with E-state index in [9.17, 15) is 4.79 Å². The monoisotopic (exact) mass is 308 g/mol. The van der Waals surface area contributed by atoms with E-state index in [4.69, 9.17) is 0 Å². The van der Waals surface area contributed by atoms with Gasteiger partial charge in [0.25, 0.3) is 0 Å². The van der Waals surface area contributed by atoms with E-state index in [2.05, 4.69) is 25.8 Å². The van der Waals surface area contributed by atoms with Gasteiger partial charge in [-0.3, -0.25) is 9.78 Å². The van der Waals surface area contributed by atoms with E-state index in [1.54, 1.807) is 6.20 Å². The number of hydrogen-bond acceptors (Lipinski definition) is 5. The molecular weight excluding hydrogens is 292 g/mol. The predicted octanol–water partition coefficient (Wildman–Crippen LogP) is 1.17. The van der Waals surface area contributed by atoms with Crippen molar-refractivity contribution >= 4 is 5.91 Å². The molecule has 2 heterocycles. The van der Waals surface area contributed by atoms with Gasteiger partial charge in [0.1, 0.15) is 12.4 Å². The number of amides is 1. The summed E-state index contributed by atoms with van der Waals surface area (Å²) in [4.78, 5) is 16.8. The lowest BCUT2D eigenvalue weighted by molar-refractivity contribution is -0.124. The van der Waals surface area contributed by atoms with Crippen molar-refractivity contribution in [3.63, 3.8) is 0 Å². The third kappa shape index (κ3) is 3.97. The van der Waals surface area contributed by atoms with Crippen LogP contribution in [-0.4, -0.2) is 31.1 Å². The van der Waals surface area contributed by atoms with Crippen molar-refractivity contribution in [2.24, 2.45) is 0 Å². The van der Waals surface area contributed by atoms with E-state index >= 15 is 0 Å². The molecule has 3 aromatic rings. The molecule has 1 aromatic carbocycles. The van der Waals surface area contributed by atoms with Crippen molar-refractivity contribution in [1.82, 2.24) is 30.5 Å². The Bertz CT molecular complexity index is 730. The summed E-state index contributed by atoms with van der Waals surface area (Å²) >= 11 is 0. The molecule has 0 aliphatic rings. The van der Waals surface area contributed by atoms with Crippen molar-refractivity contribution in [2.45, 2.75) is 19.0 Å². The number of benzene rings is 1. The Morgan fingerprint density at radius 2 is 1.96 bits per heavy atom. The second-order valence-corrected chi connectivity index (χ2v) is 5.03. The highest BCUT2D eigenvalue weighted by atomic mass is 16.2. The molecule has 23 heavy (non-hydrogen) atoms. The summed E-state index contributed by atoms with van der Waals surface area (Å²) < 4.78 is 1.47. The minimum absolute atomic E-state index is 0.146. The summed E-state index contributed by atoms with van der Waals surface area (Å²) in [5.41, 5.74) is 1.84. The first-order valence-corrected chi connectivity index (χ1v) is 7.27. The highest BCUT2D eigenvalue weighted by Gasteiger charge is 2.22. The molecule has 0 bridgehead atoms. The number of rotatable bonds is 6. The van der Waals surface area contributed by atoms with Gasteiger partial charge in [-0.15, -0.1) is 5.10 Å². The lowest BCUT2D eigenvalue weighted by Crippen LogP contribution is -2.34. The molecule has 1 N–H and O–H groups in total. The number of hydrogen-bond donors (Lipinski definition) is 1. The maximum atomic E-state index is 12.6. The Labute approximate surface area is 133 Å². The first-order valence-electron chi connectivity index (χ1n) is 7.27. The summed E-state index contributed by atoms with van der Waals surface area (Å²) in [5.74, 6) is -0.146. The largest absolute Gasteiger partial charge is 0.349 e. The first kappa shape index (κ1) is 14.8.